The Kier molecular flexibility index (Phi) is 4.61. The van der Waals surface area contributed by atoms with Gasteiger partial charge in [-0.05, 0) is 12.5 Å². The quantitative estimate of drug-likeness (QED) is 0.625. The Morgan fingerprint density at radius 3 is 2.78 bits per heavy atom. The van der Waals surface area contributed by atoms with E-state index in [0.717, 1.165) is 5.56 Å². The first kappa shape index (κ1) is 13.9. The Morgan fingerprint density at radius 2 is 2.22 bits per heavy atom. The number of anilines is 1. The van der Waals surface area contributed by atoms with Crippen LogP contribution in [0.5, 0.6) is 0 Å². The Bertz CT molecular complexity index is 462. The molecule has 0 atom stereocenters. The average Bonchev–Trinajstić information content (AvgIpc) is 2.31. The summed E-state index contributed by atoms with van der Waals surface area (Å²) in [6.45, 7) is 1.79. The lowest BCUT2D eigenvalue weighted by molar-refractivity contribution is -0.384. The van der Waals surface area contributed by atoms with Crippen LogP contribution in [0, 0.1) is 17.0 Å². The van der Waals surface area contributed by atoms with Gasteiger partial charge in [-0.2, -0.15) is 0 Å². The van der Waals surface area contributed by atoms with Gasteiger partial charge in [0.1, 0.15) is 0 Å². The first-order chi connectivity index (χ1) is 8.45. The van der Waals surface area contributed by atoms with Gasteiger partial charge in [-0.25, -0.2) is 4.79 Å². The number of rotatable bonds is 4. The highest BCUT2D eigenvalue weighted by Crippen LogP contribution is 2.21. The topological polar surface area (TPSA) is 95.7 Å². The van der Waals surface area contributed by atoms with Gasteiger partial charge in [0.25, 0.3) is 5.69 Å². The van der Waals surface area contributed by atoms with Crippen molar-refractivity contribution in [2.75, 3.05) is 25.5 Å². The lowest BCUT2D eigenvalue weighted by Gasteiger charge is -2.17. The summed E-state index contributed by atoms with van der Waals surface area (Å²) < 4.78 is 0. The third kappa shape index (κ3) is 3.42. The maximum Gasteiger partial charge on any atom is 0.321 e. The maximum atomic E-state index is 11.7. The fourth-order valence-corrected chi connectivity index (χ4v) is 1.32. The minimum absolute atomic E-state index is 0.0827. The summed E-state index contributed by atoms with van der Waals surface area (Å²) in [5.41, 5.74) is 1.03. The normalized spacial score (nSPS) is 9.94. The molecule has 0 fully saturated rings. The van der Waals surface area contributed by atoms with E-state index in [1.165, 1.54) is 24.1 Å². The highest BCUT2D eigenvalue weighted by atomic mass is 16.6. The molecule has 0 radical (unpaired) electrons. The summed E-state index contributed by atoms with van der Waals surface area (Å²) in [5, 5.41) is 21.9. The molecule has 0 bridgehead atoms. The molecule has 0 saturated carbocycles. The van der Waals surface area contributed by atoms with E-state index in [1.54, 1.807) is 13.0 Å². The molecule has 2 N–H and O–H groups in total. The van der Waals surface area contributed by atoms with Crippen LogP contribution in [0.25, 0.3) is 0 Å². The zero-order chi connectivity index (χ0) is 13.7. The summed E-state index contributed by atoms with van der Waals surface area (Å²) in [6.07, 6.45) is 0. The van der Waals surface area contributed by atoms with Crippen molar-refractivity contribution in [1.82, 2.24) is 4.90 Å². The minimum Gasteiger partial charge on any atom is -0.395 e. The van der Waals surface area contributed by atoms with E-state index in [1.807, 2.05) is 0 Å². The van der Waals surface area contributed by atoms with Gasteiger partial charge in [0, 0.05) is 25.7 Å². The van der Waals surface area contributed by atoms with Crippen molar-refractivity contribution in [3.05, 3.63) is 33.9 Å². The number of nitrogens with zero attached hydrogens (tertiary/aromatic N) is 2. The largest absolute Gasteiger partial charge is 0.395 e. The lowest BCUT2D eigenvalue weighted by Crippen LogP contribution is -2.33. The molecule has 7 nitrogen and oxygen atoms in total. The first-order valence-electron chi connectivity index (χ1n) is 5.33. The highest BCUT2D eigenvalue weighted by Gasteiger charge is 2.13. The van der Waals surface area contributed by atoms with Gasteiger partial charge in [0.15, 0.2) is 0 Å². The molecule has 0 aromatic heterocycles. The predicted octanol–water partition coefficient (Wildman–Crippen LogP) is 1.36. The molecule has 98 valence electrons. The average molecular weight is 253 g/mol. The number of carbonyl (C=O) groups excluding carboxylic acids is 1. The highest BCUT2D eigenvalue weighted by molar-refractivity contribution is 5.90. The molecule has 0 aliphatic rings. The van der Waals surface area contributed by atoms with Crippen LogP contribution in [-0.2, 0) is 0 Å². The third-order valence-electron chi connectivity index (χ3n) is 2.46. The van der Waals surface area contributed by atoms with E-state index >= 15 is 0 Å². The molecule has 1 aromatic carbocycles. The number of hydrogen-bond donors (Lipinski definition) is 2. The zero-order valence-electron chi connectivity index (χ0n) is 10.2. The fraction of sp³-hybridized carbons (Fsp3) is 0.364. The monoisotopic (exact) mass is 253 g/mol. The molecule has 1 rings (SSSR count). The number of hydrogen-bond acceptors (Lipinski definition) is 4. The van der Waals surface area contributed by atoms with Gasteiger partial charge in [0.2, 0.25) is 0 Å². The summed E-state index contributed by atoms with van der Waals surface area (Å²) in [5.74, 6) is 0. The van der Waals surface area contributed by atoms with Crippen molar-refractivity contribution < 1.29 is 14.8 Å². The molecule has 7 heteroatoms. The lowest BCUT2D eigenvalue weighted by atomic mass is 10.2. The Morgan fingerprint density at radius 1 is 1.56 bits per heavy atom. The van der Waals surface area contributed by atoms with Crippen molar-refractivity contribution >= 4 is 17.4 Å². The number of aliphatic hydroxyl groups excluding tert-OH is 1. The van der Waals surface area contributed by atoms with E-state index in [2.05, 4.69) is 5.32 Å². The number of urea groups is 1. The number of amides is 2. The molecular weight excluding hydrogens is 238 g/mol. The molecule has 0 heterocycles. The second kappa shape index (κ2) is 5.97. The molecule has 0 spiro atoms. The van der Waals surface area contributed by atoms with Crippen LogP contribution in [0.3, 0.4) is 0 Å². The molecule has 1 aromatic rings. The number of non-ortho nitro benzene ring substituents is 1. The standard InChI is InChI=1S/C11H15N3O4/c1-8-3-4-9(14(17)18)7-10(8)12-11(16)13(2)5-6-15/h3-4,7,15H,5-6H2,1-2H3,(H,12,16). The summed E-state index contributed by atoms with van der Waals surface area (Å²) in [6, 6.07) is 3.83. The van der Waals surface area contributed by atoms with Crippen molar-refractivity contribution in [2.45, 2.75) is 6.92 Å². The van der Waals surface area contributed by atoms with Gasteiger partial charge in [-0.15, -0.1) is 0 Å². The third-order valence-corrected chi connectivity index (χ3v) is 2.46. The van der Waals surface area contributed by atoms with Crippen molar-refractivity contribution in [3.63, 3.8) is 0 Å². The van der Waals surface area contributed by atoms with Crippen LogP contribution in [0.4, 0.5) is 16.2 Å². The van der Waals surface area contributed by atoms with Gasteiger partial charge >= 0.3 is 6.03 Å². The number of nitro groups is 1. The number of aliphatic hydroxyl groups is 1. The zero-order valence-corrected chi connectivity index (χ0v) is 10.2. The number of carbonyl (C=O) groups is 1. The maximum absolute atomic E-state index is 11.7. The number of aryl methyl sites for hydroxylation is 1. The van der Waals surface area contributed by atoms with Crippen molar-refractivity contribution in [3.8, 4) is 0 Å². The summed E-state index contributed by atoms with van der Waals surface area (Å²) in [4.78, 5) is 23.1. The minimum atomic E-state index is -0.521. The Balaban J connectivity index is 2.86. The fourth-order valence-electron chi connectivity index (χ4n) is 1.32. The second-order valence-corrected chi connectivity index (χ2v) is 3.83. The van der Waals surface area contributed by atoms with Crippen LogP contribution in [0.1, 0.15) is 5.56 Å². The molecule has 0 aliphatic heterocycles. The summed E-state index contributed by atoms with van der Waals surface area (Å²) >= 11 is 0. The predicted molar refractivity (Wildman–Crippen MR) is 66.6 cm³/mol. The molecule has 18 heavy (non-hydrogen) atoms. The van der Waals surface area contributed by atoms with Crippen LogP contribution < -0.4 is 5.32 Å². The Labute approximate surface area is 104 Å². The molecular formula is C11H15N3O4. The number of nitrogens with one attached hydrogen (secondary N) is 1. The second-order valence-electron chi connectivity index (χ2n) is 3.83. The molecule has 0 unspecified atom stereocenters. The molecule has 2 amide bonds. The SMILES string of the molecule is Cc1ccc([N+](=O)[O-])cc1NC(=O)N(C)CCO. The number of likely N-dealkylation sites (N-methyl/N-ethyl adjacent to an activating group) is 1. The van der Waals surface area contributed by atoms with E-state index in [0.29, 0.717) is 5.69 Å². The van der Waals surface area contributed by atoms with Gasteiger partial charge in [0.05, 0.1) is 17.2 Å². The van der Waals surface area contributed by atoms with E-state index in [-0.39, 0.29) is 18.8 Å². The number of benzene rings is 1. The van der Waals surface area contributed by atoms with Gasteiger partial charge in [-0.3, -0.25) is 10.1 Å². The summed E-state index contributed by atoms with van der Waals surface area (Å²) in [7, 11) is 1.53. The van der Waals surface area contributed by atoms with Crippen LogP contribution in [0.15, 0.2) is 18.2 Å². The molecule has 0 aliphatic carbocycles. The van der Waals surface area contributed by atoms with E-state index < -0.39 is 11.0 Å². The van der Waals surface area contributed by atoms with Crippen LogP contribution in [0.2, 0.25) is 0 Å². The number of nitro benzene ring substituents is 1. The van der Waals surface area contributed by atoms with Crippen LogP contribution >= 0.6 is 0 Å². The smallest absolute Gasteiger partial charge is 0.321 e. The van der Waals surface area contributed by atoms with E-state index in [9.17, 15) is 14.9 Å². The van der Waals surface area contributed by atoms with Crippen molar-refractivity contribution in [2.24, 2.45) is 0 Å². The Hall–Kier alpha value is -2.15. The van der Waals surface area contributed by atoms with Gasteiger partial charge in [-0.1, -0.05) is 6.07 Å². The first-order valence-corrected chi connectivity index (χ1v) is 5.33. The van der Waals surface area contributed by atoms with Gasteiger partial charge < -0.3 is 15.3 Å². The van der Waals surface area contributed by atoms with Crippen molar-refractivity contribution in [1.29, 1.82) is 0 Å². The van der Waals surface area contributed by atoms with Crippen LogP contribution in [-0.4, -0.2) is 41.2 Å². The molecule has 0 saturated heterocycles. The van der Waals surface area contributed by atoms with E-state index in [4.69, 9.17) is 5.11 Å².